The lowest BCUT2D eigenvalue weighted by Crippen LogP contribution is -2.22. The van der Waals surface area contributed by atoms with E-state index < -0.39 is 0 Å². The molecule has 2 heterocycles. The first kappa shape index (κ1) is 10.2. The standard InChI is InChI=1S/C14H19NO/c1-10-2-3-12-8-11(4-5-14(12)15-10)13-6-7-16-9-13/h4-5,8,10,13,15H,2-3,6-7,9H2,1H3. The molecule has 0 saturated carbocycles. The highest BCUT2D eigenvalue weighted by molar-refractivity contribution is 5.55. The van der Waals surface area contributed by atoms with Gasteiger partial charge in [-0.25, -0.2) is 0 Å². The molecule has 1 aromatic carbocycles. The van der Waals surface area contributed by atoms with Gasteiger partial charge in [0.15, 0.2) is 0 Å². The van der Waals surface area contributed by atoms with E-state index in [1.807, 2.05) is 0 Å². The largest absolute Gasteiger partial charge is 0.382 e. The molecule has 16 heavy (non-hydrogen) atoms. The van der Waals surface area contributed by atoms with Crippen molar-refractivity contribution in [3.63, 3.8) is 0 Å². The lowest BCUT2D eigenvalue weighted by Gasteiger charge is -2.25. The molecule has 2 heteroatoms. The third-order valence-electron chi connectivity index (χ3n) is 3.78. The second kappa shape index (κ2) is 4.10. The van der Waals surface area contributed by atoms with Crippen LogP contribution in [0.15, 0.2) is 18.2 Å². The van der Waals surface area contributed by atoms with E-state index in [1.165, 1.54) is 36.1 Å². The van der Waals surface area contributed by atoms with Crippen molar-refractivity contribution in [1.82, 2.24) is 0 Å². The minimum Gasteiger partial charge on any atom is -0.382 e. The summed E-state index contributed by atoms with van der Waals surface area (Å²) in [5.74, 6) is 0.629. The first-order valence-electron chi connectivity index (χ1n) is 6.30. The molecule has 1 aromatic rings. The summed E-state index contributed by atoms with van der Waals surface area (Å²) in [6, 6.07) is 7.52. The Morgan fingerprint density at radius 2 is 2.25 bits per heavy atom. The van der Waals surface area contributed by atoms with Crippen molar-refractivity contribution in [2.45, 2.75) is 38.1 Å². The van der Waals surface area contributed by atoms with Crippen LogP contribution >= 0.6 is 0 Å². The first-order valence-corrected chi connectivity index (χ1v) is 6.30. The van der Waals surface area contributed by atoms with Crippen molar-refractivity contribution in [2.75, 3.05) is 18.5 Å². The van der Waals surface area contributed by atoms with E-state index >= 15 is 0 Å². The van der Waals surface area contributed by atoms with Crippen LogP contribution < -0.4 is 5.32 Å². The quantitative estimate of drug-likeness (QED) is 0.781. The van der Waals surface area contributed by atoms with Crippen LogP contribution in [0.3, 0.4) is 0 Å². The number of aryl methyl sites for hydroxylation is 1. The summed E-state index contributed by atoms with van der Waals surface area (Å²) >= 11 is 0. The Kier molecular flexibility index (Phi) is 2.60. The number of hydrogen-bond acceptors (Lipinski definition) is 2. The molecule has 0 aromatic heterocycles. The summed E-state index contributed by atoms with van der Waals surface area (Å²) < 4.78 is 5.46. The number of benzene rings is 1. The maximum Gasteiger partial charge on any atom is 0.0535 e. The molecule has 1 saturated heterocycles. The Morgan fingerprint density at radius 1 is 1.31 bits per heavy atom. The van der Waals surface area contributed by atoms with Gasteiger partial charge < -0.3 is 10.1 Å². The fraction of sp³-hybridized carbons (Fsp3) is 0.571. The molecule has 1 fully saturated rings. The molecule has 0 aliphatic carbocycles. The zero-order chi connectivity index (χ0) is 11.0. The molecule has 0 amide bonds. The summed E-state index contributed by atoms with van der Waals surface area (Å²) in [5, 5.41) is 3.55. The molecule has 3 rings (SSSR count). The molecule has 2 aliphatic rings. The number of ether oxygens (including phenoxy) is 1. The maximum atomic E-state index is 5.46. The van der Waals surface area contributed by atoms with Gasteiger partial charge in [-0.3, -0.25) is 0 Å². The van der Waals surface area contributed by atoms with E-state index in [0.29, 0.717) is 12.0 Å². The molecule has 0 radical (unpaired) electrons. The predicted octanol–water partition coefficient (Wildman–Crippen LogP) is 2.94. The van der Waals surface area contributed by atoms with Crippen LogP contribution in [-0.4, -0.2) is 19.3 Å². The maximum absolute atomic E-state index is 5.46. The van der Waals surface area contributed by atoms with Gasteiger partial charge >= 0.3 is 0 Å². The smallest absolute Gasteiger partial charge is 0.0535 e. The fourth-order valence-electron chi connectivity index (χ4n) is 2.72. The number of fused-ring (bicyclic) bond motifs is 1. The normalized spacial score (nSPS) is 28.6. The van der Waals surface area contributed by atoms with Gasteiger partial charge in [-0.2, -0.15) is 0 Å². The van der Waals surface area contributed by atoms with Crippen LogP contribution in [-0.2, 0) is 11.2 Å². The van der Waals surface area contributed by atoms with Crippen LogP contribution in [0.4, 0.5) is 5.69 Å². The summed E-state index contributed by atoms with van der Waals surface area (Å²) in [6.45, 7) is 4.08. The summed E-state index contributed by atoms with van der Waals surface area (Å²) in [5.41, 5.74) is 4.29. The molecule has 2 atom stereocenters. The molecule has 2 unspecified atom stereocenters. The lowest BCUT2D eigenvalue weighted by molar-refractivity contribution is 0.194. The van der Waals surface area contributed by atoms with Crippen molar-refractivity contribution < 1.29 is 4.74 Å². The van der Waals surface area contributed by atoms with Gasteiger partial charge in [0, 0.05) is 24.3 Å². The van der Waals surface area contributed by atoms with Gasteiger partial charge in [-0.05, 0) is 43.4 Å². The van der Waals surface area contributed by atoms with Gasteiger partial charge in [0.25, 0.3) is 0 Å². The zero-order valence-corrected chi connectivity index (χ0v) is 9.83. The SMILES string of the molecule is CC1CCc2cc(C3CCOC3)ccc2N1. The van der Waals surface area contributed by atoms with E-state index in [0.717, 1.165) is 13.2 Å². The van der Waals surface area contributed by atoms with Crippen molar-refractivity contribution >= 4 is 5.69 Å². The molecular formula is C14H19NO. The van der Waals surface area contributed by atoms with Crippen molar-refractivity contribution in [3.05, 3.63) is 29.3 Å². The number of anilines is 1. The summed E-state index contributed by atoms with van der Waals surface area (Å²) in [7, 11) is 0. The highest BCUT2D eigenvalue weighted by Gasteiger charge is 2.20. The topological polar surface area (TPSA) is 21.3 Å². The van der Waals surface area contributed by atoms with Gasteiger partial charge in [0.05, 0.1) is 6.61 Å². The third kappa shape index (κ3) is 1.82. The van der Waals surface area contributed by atoms with Crippen LogP contribution in [0.5, 0.6) is 0 Å². The van der Waals surface area contributed by atoms with Crippen LogP contribution in [0, 0.1) is 0 Å². The van der Waals surface area contributed by atoms with Crippen LogP contribution in [0.1, 0.15) is 36.8 Å². The average molecular weight is 217 g/mol. The molecule has 0 spiro atoms. The Balaban J connectivity index is 1.87. The lowest BCUT2D eigenvalue weighted by atomic mass is 9.92. The molecule has 2 nitrogen and oxygen atoms in total. The van der Waals surface area contributed by atoms with Gasteiger partial charge in [0.2, 0.25) is 0 Å². The summed E-state index contributed by atoms with van der Waals surface area (Å²) in [4.78, 5) is 0. The van der Waals surface area contributed by atoms with E-state index in [4.69, 9.17) is 4.74 Å². The average Bonchev–Trinajstić information content (AvgIpc) is 2.82. The zero-order valence-electron chi connectivity index (χ0n) is 9.83. The second-order valence-electron chi connectivity index (χ2n) is 5.06. The van der Waals surface area contributed by atoms with Crippen LogP contribution in [0.2, 0.25) is 0 Å². The van der Waals surface area contributed by atoms with E-state index in [-0.39, 0.29) is 0 Å². The van der Waals surface area contributed by atoms with Gasteiger partial charge in [0.1, 0.15) is 0 Å². The van der Waals surface area contributed by atoms with Crippen molar-refractivity contribution in [3.8, 4) is 0 Å². The Morgan fingerprint density at radius 3 is 3.06 bits per heavy atom. The van der Waals surface area contributed by atoms with E-state index in [1.54, 1.807) is 0 Å². The Bertz CT molecular complexity index is 382. The van der Waals surface area contributed by atoms with E-state index in [2.05, 4.69) is 30.4 Å². The fourth-order valence-corrected chi connectivity index (χ4v) is 2.72. The van der Waals surface area contributed by atoms with Gasteiger partial charge in [-0.15, -0.1) is 0 Å². The molecule has 1 N–H and O–H groups in total. The molecule has 0 bridgehead atoms. The number of rotatable bonds is 1. The highest BCUT2D eigenvalue weighted by atomic mass is 16.5. The summed E-state index contributed by atoms with van der Waals surface area (Å²) in [6.07, 6.45) is 3.64. The van der Waals surface area contributed by atoms with Crippen LogP contribution in [0.25, 0.3) is 0 Å². The van der Waals surface area contributed by atoms with Crippen molar-refractivity contribution in [1.29, 1.82) is 0 Å². The monoisotopic (exact) mass is 217 g/mol. The van der Waals surface area contributed by atoms with Crippen molar-refractivity contribution in [2.24, 2.45) is 0 Å². The van der Waals surface area contributed by atoms with Gasteiger partial charge in [-0.1, -0.05) is 12.1 Å². The molecule has 86 valence electrons. The third-order valence-corrected chi connectivity index (χ3v) is 3.78. The number of hydrogen-bond donors (Lipinski definition) is 1. The second-order valence-corrected chi connectivity index (χ2v) is 5.06. The Labute approximate surface area is 97.0 Å². The molecule has 2 aliphatic heterocycles. The minimum atomic E-state index is 0.619. The number of nitrogens with one attached hydrogen (secondary N) is 1. The Hall–Kier alpha value is -1.02. The molecular weight excluding hydrogens is 198 g/mol. The first-order chi connectivity index (χ1) is 7.83. The highest BCUT2D eigenvalue weighted by Crippen LogP contribution is 2.31. The predicted molar refractivity (Wildman–Crippen MR) is 66.0 cm³/mol. The van der Waals surface area contributed by atoms with E-state index in [9.17, 15) is 0 Å². The minimum absolute atomic E-state index is 0.619.